The molecule has 0 rings (SSSR count). The van der Waals surface area contributed by atoms with Crippen molar-refractivity contribution in [3.05, 3.63) is 0 Å². The number of halogens is 1. The third-order valence-electron chi connectivity index (χ3n) is 1.41. The van der Waals surface area contributed by atoms with Crippen molar-refractivity contribution in [3.63, 3.8) is 0 Å². The summed E-state index contributed by atoms with van der Waals surface area (Å²) in [7, 11) is 0. The molecule has 64 valence electrons. The zero-order chi connectivity index (χ0) is 8.28. The van der Waals surface area contributed by atoms with Crippen LogP contribution in [-0.4, -0.2) is 45.8 Å². The summed E-state index contributed by atoms with van der Waals surface area (Å²) in [5.74, 6) is 0. The summed E-state index contributed by atoms with van der Waals surface area (Å²) in [6.07, 6.45) is -3.91. The minimum atomic E-state index is -4.43. The number of aliphatic hydroxyl groups excluding tert-OH is 4. The molecule has 0 atom stereocenters. The third-order valence-corrected chi connectivity index (χ3v) is 4.24. The van der Waals surface area contributed by atoms with E-state index in [1.54, 1.807) is 0 Å². The average molecular weight is 174 g/mol. The first kappa shape index (κ1) is 10.2. The quantitative estimate of drug-likeness (QED) is 0.421. The van der Waals surface area contributed by atoms with Crippen molar-refractivity contribution in [1.29, 1.82) is 0 Å². The minimum absolute atomic E-state index is 0.977. The van der Waals surface area contributed by atoms with E-state index >= 15 is 0 Å². The molecule has 0 aliphatic carbocycles. The molecule has 0 heterocycles. The van der Waals surface area contributed by atoms with Crippen LogP contribution in [0.5, 0.6) is 0 Å². The van der Waals surface area contributed by atoms with Crippen LogP contribution in [0.25, 0.3) is 0 Å². The molecule has 0 aliphatic rings. The van der Waals surface area contributed by atoms with Crippen LogP contribution in [0.3, 0.4) is 0 Å². The molecule has 0 unspecified atom stereocenters. The number of hydrogen-bond acceptors (Lipinski definition) is 4. The van der Waals surface area contributed by atoms with Gasteiger partial charge in [0, 0.05) is 0 Å². The first-order valence-electron chi connectivity index (χ1n) is 2.70. The molecule has 0 aromatic heterocycles. The Morgan fingerprint density at radius 1 is 0.800 bits per heavy atom. The monoisotopic (exact) mass is 174 g/mol. The van der Waals surface area contributed by atoms with Gasteiger partial charge in [-0.1, -0.05) is 0 Å². The van der Waals surface area contributed by atoms with E-state index < -0.39 is 32.3 Å². The molecule has 10 heavy (non-hydrogen) atoms. The Hall–Kier alpha value is 0.200. The maximum atomic E-state index is 13.2. The molecule has 0 aromatic rings. The fraction of sp³-hybridized carbons (Fsp3) is 1.00. The second-order valence-electron chi connectivity index (χ2n) is 2.39. The van der Waals surface area contributed by atoms with Gasteiger partial charge in [-0.2, -0.15) is 0 Å². The summed E-state index contributed by atoms with van der Waals surface area (Å²) in [4.78, 5) is 0. The molecular weight excluding hydrogens is 162 g/mol. The molecule has 0 bridgehead atoms. The molecule has 0 saturated heterocycles. The first-order valence-corrected chi connectivity index (χ1v) is 5.57. The van der Waals surface area contributed by atoms with Crippen LogP contribution in [0, 0.1) is 0 Å². The molecule has 0 aliphatic heterocycles. The van der Waals surface area contributed by atoms with Crippen molar-refractivity contribution in [2.45, 2.75) is 0 Å². The van der Waals surface area contributed by atoms with Gasteiger partial charge >= 0.3 is 56.9 Å². The van der Waals surface area contributed by atoms with Gasteiger partial charge in [-0.15, -0.1) is 0 Å². The van der Waals surface area contributed by atoms with Crippen molar-refractivity contribution < 1.29 is 24.6 Å². The van der Waals surface area contributed by atoms with Crippen LogP contribution in [0.1, 0.15) is 0 Å². The molecular formula is C4H12FO4P. The van der Waals surface area contributed by atoms with Crippen molar-refractivity contribution in [2.24, 2.45) is 0 Å². The topological polar surface area (TPSA) is 80.9 Å². The Morgan fingerprint density at radius 3 is 1.00 bits per heavy atom. The first-order chi connectivity index (χ1) is 4.54. The Balaban J connectivity index is 4.42. The summed E-state index contributed by atoms with van der Waals surface area (Å²) in [6.45, 7) is -4.43. The van der Waals surface area contributed by atoms with Crippen molar-refractivity contribution in [3.8, 4) is 0 Å². The molecule has 0 radical (unpaired) electrons. The van der Waals surface area contributed by atoms with E-state index in [2.05, 4.69) is 0 Å². The van der Waals surface area contributed by atoms with Crippen LogP contribution in [-0.2, 0) is 0 Å². The van der Waals surface area contributed by atoms with Gasteiger partial charge in [0.25, 0.3) is 0 Å². The fourth-order valence-corrected chi connectivity index (χ4v) is 0.805. The summed E-state index contributed by atoms with van der Waals surface area (Å²) < 4.78 is 13.2. The Morgan fingerprint density at radius 2 is 1.00 bits per heavy atom. The van der Waals surface area contributed by atoms with Crippen molar-refractivity contribution in [1.82, 2.24) is 0 Å². The molecule has 4 N–H and O–H groups in total. The van der Waals surface area contributed by atoms with Gasteiger partial charge in [0.1, 0.15) is 0 Å². The standard InChI is InChI=1S/C4H12FO4P/c5-10(1-6,2-7,3-8)4-9/h6-9H,1-4H2. The van der Waals surface area contributed by atoms with Crippen molar-refractivity contribution >= 4 is 6.91 Å². The van der Waals surface area contributed by atoms with Crippen LogP contribution >= 0.6 is 6.91 Å². The summed E-state index contributed by atoms with van der Waals surface area (Å²) in [5, 5.41) is 33.8. The van der Waals surface area contributed by atoms with E-state index in [4.69, 9.17) is 20.4 Å². The molecule has 0 amide bonds. The molecule has 0 fully saturated rings. The van der Waals surface area contributed by atoms with Crippen LogP contribution < -0.4 is 0 Å². The SMILES string of the molecule is OCP(F)(CO)(CO)CO. The summed E-state index contributed by atoms with van der Waals surface area (Å²) in [6, 6.07) is 0. The Bertz CT molecular complexity index is 92.3. The molecule has 6 heteroatoms. The van der Waals surface area contributed by atoms with Crippen LogP contribution in [0.2, 0.25) is 0 Å². The number of aliphatic hydroxyl groups is 4. The van der Waals surface area contributed by atoms with E-state index in [9.17, 15) is 4.20 Å². The van der Waals surface area contributed by atoms with E-state index in [1.165, 1.54) is 0 Å². The van der Waals surface area contributed by atoms with Gasteiger partial charge in [0.05, 0.1) is 0 Å². The van der Waals surface area contributed by atoms with Gasteiger partial charge < -0.3 is 0 Å². The average Bonchev–Trinajstić information content (AvgIpc) is 2.04. The van der Waals surface area contributed by atoms with Crippen LogP contribution in [0.15, 0.2) is 0 Å². The predicted octanol–water partition coefficient (Wildman–Crippen LogP) is -0.777. The van der Waals surface area contributed by atoms with E-state index in [0.717, 1.165) is 0 Å². The van der Waals surface area contributed by atoms with Gasteiger partial charge in [-0.25, -0.2) is 0 Å². The Labute approximate surface area is 58.0 Å². The van der Waals surface area contributed by atoms with Gasteiger partial charge in [0.2, 0.25) is 0 Å². The zero-order valence-electron chi connectivity index (χ0n) is 5.44. The van der Waals surface area contributed by atoms with Crippen molar-refractivity contribution in [2.75, 3.05) is 25.4 Å². The molecule has 0 spiro atoms. The molecule has 0 aromatic carbocycles. The van der Waals surface area contributed by atoms with E-state index in [1.807, 2.05) is 0 Å². The van der Waals surface area contributed by atoms with Gasteiger partial charge in [-0.3, -0.25) is 0 Å². The van der Waals surface area contributed by atoms with E-state index in [0.29, 0.717) is 0 Å². The van der Waals surface area contributed by atoms with Gasteiger partial charge in [0.15, 0.2) is 0 Å². The second kappa shape index (κ2) is 3.07. The zero-order valence-corrected chi connectivity index (χ0v) is 6.34. The van der Waals surface area contributed by atoms with Crippen LogP contribution in [0.4, 0.5) is 4.20 Å². The van der Waals surface area contributed by atoms with Gasteiger partial charge in [-0.05, 0) is 0 Å². The predicted molar refractivity (Wildman–Crippen MR) is 36.4 cm³/mol. The third kappa shape index (κ3) is 1.62. The molecule has 4 nitrogen and oxygen atoms in total. The number of hydrogen-bond donors (Lipinski definition) is 4. The molecule has 0 saturated carbocycles. The maximum absolute atomic E-state index is 13.2. The normalized spacial score (nSPS) is 16.3. The summed E-state index contributed by atoms with van der Waals surface area (Å²) >= 11 is 0. The van der Waals surface area contributed by atoms with E-state index in [-0.39, 0.29) is 0 Å². The second-order valence-corrected chi connectivity index (χ2v) is 7.16. The number of rotatable bonds is 4. The summed E-state index contributed by atoms with van der Waals surface area (Å²) in [5.41, 5.74) is 0. The Kier molecular flexibility index (Phi) is 3.13. The fourth-order valence-electron chi connectivity index (χ4n) is 0.268.